The molecular weight excluding hydrogens is 254 g/mol. The van der Waals surface area contributed by atoms with Crippen LogP contribution in [0, 0.1) is 0 Å². The summed E-state index contributed by atoms with van der Waals surface area (Å²) in [6, 6.07) is 19.0. The van der Waals surface area contributed by atoms with Crippen LogP contribution in [-0.4, -0.2) is 19.9 Å². The van der Waals surface area contributed by atoms with E-state index in [1.165, 1.54) is 10.5 Å². The van der Waals surface area contributed by atoms with E-state index in [2.05, 4.69) is 35.6 Å². The molecule has 0 aromatic heterocycles. The Balaban J connectivity index is 2.04. The third kappa shape index (κ3) is 3.75. The number of thioether (sulfide) groups is 1. The average Bonchev–Trinajstić information content (AvgIpc) is 2.49. The van der Waals surface area contributed by atoms with Gasteiger partial charge in [0.2, 0.25) is 0 Å². The van der Waals surface area contributed by atoms with Gasteiger partial charge in [0, 0.05) is 16.7 Å². The van der Waals surface area contributed by atoms with Gasteiger partial charge in [-0.05, 0) is 24.7 Å². The lowest BCUT2D eigenvalue weighted by Gasteiger charge is -2.17. The molecular formula is C16H19NOS. The zero-order valence-electron chi connectivity index (χ0n) is 11.3. The summed E-state index contributed by atoms with van der Waals surface area (Å²) in [5, 5.41) is 3.36. The molecule has 2 rings (SSSR count). The zero-order chi connectivity index (χ0) is 13.5. The number of hydrogen-bond acceptors (Lipinski definition) is 3. The second-order valence-electron chi connectivity index (χ2n) is 4.21. The van der Waals surface area contributed by atoms with Gasteiger partial charge in [0.1, 0.15) is 5.75 Å². The van der Waals surface area contributed by atoms with E-state index in [9.17, 15) is 0 Å². The van der Waals surface area contributed by atoms with Gasteiger partial charge in [0.15, 0.2) is 0 Å². The van der Waals surface area contributed by atoms with Crippen molar-refractivity contribution in [1.29, 1.82) is 0 Å². The maximum Gasteiger partial charge on any atom is 0.132 e. The molecule has 0 radical (unpaired) electrons. The van der Waals surface area contributed by atoms with Crippen molar-refractivity contribution in [3.63, 3.8) is 0 Å². The molecule has 0 aliphatic heterocycles. The van der Waals surface area contributed by atoms with E-state index >= 15 is 0 Å². The minimum Gasteiger partial charge on any atom is -0.496 e. The highest BCUT2D eigenvalue weighted by molar-refractivity contribution is 7.99. The standard InChI is InChI=1S/C16H19NOS/c1-17-14(13-8-4-3-5-9-13)12-19-16-11-7-6-10-15(16)18-2/h3-11,14,17H,12H2,1-2H3. The highest BCUT2D eigenvalue weighted by Gasteiger charge is 2.10. The van der Waals surface area contributed by atoms with Crippen LogP contribution in [0.15, 0.2) is 59.5 Å². The van der Waals surface area contributed by atoms with Crippen molar-refractivity contribution in [1.82, 2.24) is 5.32 Å². The van der Waals surface area contributed by atoms with Crippen LogP contribution in [0.1, 0.15) is 11.6 Å². The molecule has 100 valence electrons. The molecule has 0 spiro atoms. The maximum absolute atomic E-state index is 5.38. The van der Waals surface area contributed by atoms with Gasteiger partial charge in [0.25, 0.3) is 0 Å². The van der Waals surface area contributed by atoms with E-state index in [-0.39, 0.29) is 0 Å². The van der Waals surface area contributed by atoms with Gasteiger partial charge in [-0.15, -0.1) is 11.8 Å². The van der Waals surface area contributed by atoms with E-state index in [0.29, 0.717) is 6.04 Å². The van der Waals surface area contributed by atoms with Crippen molar-refractivity contribution < 1.29 is 4.74 Å². The molecule has 0 amide bonds. The maximum atomic E-state index is 5.38. The molecule has 1 N–H and O–H groups in total. The first-order valence-electron chi connectivity index (χ1n) is 6.33. The van der Waals surface area contributed by atoms with Crippen molar-refractivity contribution in [2.75, 3.05) is 19.9 Å². The van der Waals surface area contributed by atoms with Gasteiger partial charge < -0.3 is 10.1 Å². The quantitative estimate of drug-likeness (QED) is 0.810. The van der Waals surface area contributed by atoms with Crippen molar-refractivity contribution in [3.05, 3.63) is 60.2 Å². The van der Waals surface area contributed by atoms with Crippen LogP contribution in [0.3, 0.4) is 0 Å². The fourth-order valence-electron chi connectivity index (χ4n) is 1.94. The van der Waals surface area contributed by atoms with Gasteiger partial charge in [-0.25, -0.2) is 0 Å². The van der Waals surface area contributed by atoms with E-state index in [4.69, 9.17) is 4.74 Å². The predicted molar refractivity (Wildman–Crippen MR) is 82.0 cm³/mol. The minimum atomic E-state index is 0.344. The number of para-hydroxylation sites is 1. The van der Waals surface area contributed by atoms with Gasteiger partial charge in [-0.1, -0.05) is 42.5 Å². The number of nitrogens with one attached hydrogen (secondary N) is 1. The topological polar surface area (TPSA) is 21.3 Å². The van der Waals surface area contributed by atoms with Crippen LogP contribution < -0.4 is 10.1 Å². The molecule has 0 fully saturated rings. The Kier molecular flexibility index (Phi) is 5.31. The zero-order valence-corrected chi connectivity index (χ0v) is 12.1. The number of rotatable bonds is 6. The van der Waals surface area contributed by atoms with Gasteiger partial charge in [-0.2, -0.15) is 0 Å². The third-order valence-electron chi connectivity index (χ3n) is 3.02. The molecule has 0 saturated carbocycles. The predicted octanol–water partition coefficient (Wildman–Crippen LogP) is 3.75. The minimum absolute atomic E-state index is 0.344. The number of hydrogen-bond donors (Lipinski definition) is 1. The Labute approximate surface area is 119 Å². The van der Waals surface area contributed by atoms with Crippen molar-refractivity contribution >= 4 is 11.8 Å². The van der Waals surface area contributed by atoms with E-state index in [0.717, 1.165) is 11.5 Å². The van der Waals surface area contributed by atoms with E-state index in [1.807, 2.05) is 43.1 Å². The summed E-state index contributed by atoms with van der Waals surface area (Å²) in [6.07, 6.45) is 0. The summed E-state index contributed by atoms with van der Waals surface area (Å²) in [4.78, 5) is 1.18. The summed E-state index contributed by atoms with van der Waals surface area (Å²) in [5.74, 6) is 1.91. The van der Waals surface area contributed by atoms with Crippen LogP contribution in [0.5, 0.6) is 5.75 Å². The lowest BCUT2D eigenvalue weighted by molar-refractivity contribution is 0.405. The fraction of sp³-hybridized carbons (Fsp3) is 0.250. The summed E-state index contributed by atoms with van der Waals surface area (Å²) in [7, 11) is 3.71. The van der Waals surface area contributed by atoms with Crippen LogP contribution >= 0.6 is 11.8 Å². The Morgan fingerprint density at radius 1 is 1.05 bits per heavy atom. The summed E-state index contributed by atoms with van der Waals surface area (Å²) < 4.78 is 5.38. The summed E-state index contributed by atoms with van der Waals surface area (Å²) in [6.45, 7) is 0. The van der Waals surface area contributed by atoms with E-state index in [1.54, 1.807) is 7.11 Å². The fourth-order valence-corrected chi connectivity index (χ4v) is 3.12. The largest absolute Gasteiger partial charge is 0.496 e. The van der Waals surface area contributed by atoms with Crippen LogP contribution in [0.2, 0.25) is 0 Å². The second kappa shape index (κ2) is 7.22. The molecule has 1 unspecified atom stereocenters. The highest BCUT2D eigenvalue weighted by Crippen LogP contribution is 2.31. The van der Waals surface area contributed by atoms with Crippen molar-refractivity contribution in [3.8, 4) is 5.75 Å². The highest BCUT2D eigenvalue weighted by atomic mass is 32.2. The Hall–Kier alpha value is -1.45. The average molecular weight is 273 g/mol. The molecule has 3 heteroatoms. The molecule has 2 aromatic carbocycles. The molecule has 0 heterocycles. The van der Waals surface area contributed by atoms with Crippen molar-refractivity contribution in [2.24, 2.45) is 0 Å². The summed E-state index contributed by atoms with van der Waals surface area (Å²) >= 11 is 1.81. The lowest BCUT2D eigenvalue weighted by Crippen LogP contribution is -2.18. The first-order chi connectivity index (χ1) is 9.35. The molecule has 2 nitrogen and oxygen atoms in total. The first-order valence-corrected chi connectivity index (χ1v) is 7.31. The summed E-state index contributed by atoms with van der Waals surface area (Å²) in [5.41, 5.74) is 1.31. The SMILES string of the molecule is CNC(CSc1ccccc1OC)c1ccccc1. The molecule has 0 bridgehead atoms. The van der Waals surface area contributed by atoms with Crippen LogP contribution in [0.4, 0.5) is 0 Å². The molecule has 1 atom stereocenters. The lowest BCUT2D eigenvalue weighted by atomic mass is 10.1. The van der Waals surface area contributed by atoms with Gasteiger partial charge in [0.05, 0.1) is 7.11 Å². The van der Waals surface area contributed by atoms with Gasteiger partial charge in [-0.3, -0.25) is 0 Å². The molecule has 0 aliphatic rings. The molecule has 0 saturated heterocycles. The number of ether oxygens (including phenoxy) is 1. The monoisotopic (exact) mass is 273 g/mol. The Bertz CT molecular complexity index is 501. The smallest absolute Gasteiger partial charge is 0.132 e. The number of benzene rings is 2. The van der Waals surface area contributed by atoms with Crippen LogP contribution in [-0.2, 0) is 0 Å². The number of methoxy groups -OCH3 is 1. The molecule has 2 aromatic rings. The molecule has 0 aliphatic carbocycles. The second-order valence-corrected chi connectivity index (χ2v) is 5.28. The normalized spacial score (nSPS) is 12.1. The van der Waals surface area contributed by atoms with Crippen molar-refractivity contribution in [2.45, 2.75) is 10.9 Å². The first kappa shape index (κ1) is 14.0. The molecule has 19 heavy (non-hydrogen) atoms. The van der Waals surface area contributed by atoms with Crippen LogP contribution in [0.25, 0.3) is 0 Å². The van der Waals surface area contributed by atoms with Gasteiger partial charge >= 0.3 is 0 Å². The Morgan fingerprint density at radius 2 is 1.74 bits per heavy atom. The third-order valence-corrected chi connectivity index (χ3v) is 4.17. The Morgan fingerprint density at radius 3 is 2.42 bits per heavy atom. The van der Waals surface area contributed by atoms with E-state index < -0.39 is 0 Å².